The summed E-state index contributed by atoms with van der Waals surface area (Å²) in [4.78, 5) is 24.6. The highest BCUT2D eigenvalue weighted by Crippen LogP contribution is 2.20. The average Bonchev–Trinajstić information content (AvgIpc) is 3.51. The summed E-state index contributed by atoms with van der Waals surface area (Å²) in [6.45, 7) is 5.00. The van der Waals surface area contributed by atoms with Crippen LogP contribution in [0.4, 0.5) is 0 Å². The van der Waals surface area contributed by atoms with Crippen molar-refractivity contribution < 1.29 is 24.5 Å². The van der Waals surface area contributed by atoms with Gasteiger partial charge in [-0.1, -0.05) is 391 Å². The van der Waals surface area contributed by atoms with Gasteiger partial charge in [-0.15, -0.1) is 0 Å². The molecule has 0 aliphatic rings. The van der Waals surface area contributed by atoms with Crippen LogP contribution in [-0.2, 0) is 14.3 Å². The van der Waals surface area contributed by atoms with Crippen molar-refractivity contribution in [3.63, 3.8) is 0 Å². The van der Waals surface area contributed by atoms with Crippen LogP contribution in [0.25, 0.3) is 0 Å². The maximum atomic E-state index is 12.5. The van der Waals surface area contributed by atoms with Gasteiger partial charge in [0.05, 0.1) is 25.4 Å². The van der Waals surface area contributed by atoms with E-state index < -0.39 is 12.1 Å². The molecule has 2 unspecified atom stereocenters. The Kier molecular flexibility index (Phi) is 72.3. The molecule has 0 saturated carbocycles. The Bertz CT molecular complexity index is 1320. The molecule has 0 aromatic rings. The summed E-state index contributed by atoms with van der Waals surface area (Å²) in [6.07, 6.45) is 94.0. The van der Waals surface area contributed by atoms with Gasteiger partial charge in [0, 0.05) is 12.8 Å². The van der Waals surface area contributed by atoms with E-state index >= 15 is 0 Å². The second kappa shape index (κ2) is 73.8. The van der Waals surface area contributed by atoms with E-state index in [2.05, 4.69) is 43.5 Å². The Morgan fingerprint density at radius 2 is 0.595 bits per heavy atom. The number of aliphatic hydroxyl groups is 2. The molecule has 6 heteroatoms. The first kappa shape index (κ1) is 82.3. The zero-order chi connectivity index (χ0) is 60.6. The highest BCUT2D eigenvalue weighted by molar-refractivity contribution is 5.76. The number of carbonyl (C=O) groups is 2. The number of esters is 1. The van der Waals surface area contributed by atoms with Crippen LogP contribution < -0.4 is 5.32 Å². The normalized spacial score (nSPS) is 12.6. The number of nitrogens with one attached hydrogen (secondary N) is 1. The molecule has 0 aliphatic heterocycles. The molecule has 0 aromatic heterocycles. The average molecular weight is 1180 g/mol. The van der Waals surface area contributed by atoms with Crippen molar-refractivity contribution >= 4 is 11.9 Å². The summed E-state index contributed by atoms with van der Waals surface area (Å²) in [7, 11) is 0. The highest BCUT2D eigenvalue weighted by atomic mass is 16.5. The number of rotatable bonds is 73. The lowest BCUT2D eigenvalue weighted by Crippen LogP contribution is -2.45. The van der Waals surface area contributed by atoms with Crippen LogP contribution in [0.3, 0.4) is 0 Å². The minimum absolute atomic E-state index is 0.0191. The molecule has 3 N–H and O–H groups in total. The molecular weight excluding hydrogens is 1030 g/mol. The van der Waals surface area contributed by atoms with E-state index in [1.807, 2.05) is 0 Å². The maximum absolute atomic E-state index is 12.5. The monoisotopic (exact) mass is 1180 g/mol. The van der Waals surface area contributed by atoms with Gasteiger partial charge in [0.2, 0.25) is 5.91 Å². The van der Waals surface area contributed by atoms with E-state index in [1.165, 1.54) is 360 Å². The van der Waals surface area contributed by atoms with E-state index in [0.717, 1.165) is 44.9 Å². The first-order chi connectivity index (χ1) is 41.5. The van der Waals surface area contributed by atoms with E-state index in [4.69, 9.17) is 4.74 Å². The number of unbranched alkanes of at least 4 members (excludes halogenated alkanes) is 58. The molecule has 0 aliphatic carbocycles. The lowest BCUT2D eigenvalue weighted by molar-refractivity contribution is -0.143. The quantitative estimate of drug-likeness (QED) is 0.0320. The summed E-state index contributed by atoms with van der Waals surface area (Å²) in [5.41, 5.74) is 0. The summed E-state index contributed by atoms with van der Waals surface area (Å²) in [6, 6.07) is -0.540. The third-order valence-corrected chi connectivity index (χ3v) is 18.3. The number of carbonyl (C=O) groups excluding carboxylic acids is 2. The molecule has 0 fully saturated rings. The molecule has 0 spiro atoms. The Morgan fingerprint density at radius 3 is 0.905 bits per heavy atom. The van der Waals surface area contributed by atoms with Crippen molar-refractivity contribution in [3.8, 4) is 0 Å². The molecule has 84 heavy (non-hydrogen) atoms. The van der Waals surface area contributed by atoms with Crippen LogP contribution in [0, 0.1) is 0 Å². The zero-order valence-corrected chi connectivity index (χ0v) is 57.2. The second-order valence-corrected chi connectivity index (χ2v) is 26.7. The first-order valence-electron chi connectivity index (χ1n) is 38.6. The fourth-order valence-electron chi connectivity index (χ4n) is 12.4. The summed E-state index contributed by atoms with van der Waals surface area (Å²) in [5, 5.41) is 23.4. The summed E-state index contributed by atoms with van der Waals surface area (Å²) in [5.74, 6) is -0.00991. The van der Waals surface area contributed by atoms with Crippen molar-refractivity contribution in [2.45, 2.75) is 450 Å². The van der Waals surface area contributed by atoms with E-state index in [9.17, 15) is 19.8 Å². The molecule has 0 saturated heterocycles. The maximum Gasteiger partial charge on any atom is 0.305 e. The Morgan fingerprint density at radius 1 is 0.333 bits per heavy atom. The van der Waals surface area contributed by atoms with Crippen molar-refractivity contribution in [1.82, 2.24) is 5.32 Å². The number of amides is 1. The third-order valence-electron chi connectivity index (χ3n) is 18.3. The van der Waals surface area contributed by atoms with Gasteiger partial charge in [0.1, 0.15) is 0 Å². The van der Waals surface area contributed by atoms with Crippen molar-refractivity contribution in [1.29, 1.82) is 0 Å². The van der Waals surface area contributed by atoms with Crippen LogP contribution in [0.15, 0.2) is 24.3 Å². The number of hydrogen-bond donors (Lipinski definition) is 3. The van der Waals surface area contributed by atoms with Crippen LogP contribution in [0.2, 0.25) is 0 Å². The molecule has 0 bridgehead atoms. The molecule has 0 rings (SSSR count). The third kappa shape index (κ3) is 69.4. The minimum Gasteiger partial charge on any atom is -0.466 e. The van der Waals surface area contributed by atoms with Gasteiger partial charge in [-0.05, 0) is 57.8 Å². The van der Waals surface area contributed by atoms with Crippen molar-refractivity contribution in [2.75, 3.05) is 13.2 Å². The fraction of sp³-hybridized carbons (Fsp3) is 0.923. The van der Waals surface area contributed by atoms with Gasteiger partial charge in [0.15, 0.2) is 0 Å². The van der Waals surface area contributed by atoms with Crippen LogP contribution >= 0.6 is 0 Å². The molecule has 498 valence electrons. The number of hydrogen-bond acceptors (Lipinski definition) is 5. The smallest absolute Gasteiger partial charge is 0.305 e. The number of ether oxygens (including phenoxy) is 1. The van der Waals surface area contributed by atoms with Gasteiger partial charge in [-0.25, -0.2) is 0 Å². The van der Waals surface area contributed by atoms with Crippen LogP contribution in [0.1, 0.15) is 438 Å². The topological polar surface area (TPSA) is 95.9 Å². The van der Waals surface area contributed by atoms with Crippen LogP contribution in [-0.4, -0.2) is 47.4 Å². The molecule has 6 nitrogen and oxygen atoms in total. The number of aliphatic hydroxyl groups excluding tert-OH is 2. The Labute approximate surface area is 526 Å². The molecule has 0 aromatic carbocycles. The highest BCUT2D eigenvalue weighted by Gasteiger charge is 2.20. The summed E-state index contributed by atoms with van der Waals surface area (Å²) >= 11 is 0. The van der Waals surface area contributed by atoms with Gasteiger partial charge >= 0.3 is 5.97 Å². The lowest BCUT2D eigenvalue weighted by atomic mass is 10.0. The molecule has 1 amide bonds. The lowest BCUT2D eigenvalue weighted by Gasteiger charge is -2.22. The van der Waals surface area contributed by atoms with Gasteiger partial charge < -0.3 is 20.3 Å². The molecule has 0 heterocycles. The predicted octanol–water partition coefficient (Wildman–Crippen LogP) is 25.3. The predicted molar refractivity (Wildman–Crippen MR) is 370 cm³/mol. The second-order valence-electron chi connectivity index (χ2n) is 26.7. The minimum atomic E-state index is -0.663. The molecule has 2 atom stereocenters. The van der Waals surface area contributed by atoms with Crippen LogP contribution in [0.5, 0.6) is 0 Å². The first-order valence-corrected chi connectivity index (χ1v) is 38.6. The van der Waals surface area contributed by atoms with Gasteiger partial charge in [0.25, 0.3) is 0 Å². The van der Waals surface area contributed by atoms with Crippen molar-refractivity contribution in [2.24, 2.45) is 0 Å². The molecule has 0 radical (unpaired) electrons. The summed E-state index contributed by atoms with van der Waals surface area (Å²) < 4.78 is 5.51. The number of allylic oxidation sites excluding steroid dienone is 4. The Balaban J connectivity index is 3.36. The fourth-order valence-corrected chi connectivity index (χ4v) is 12.4. The van der Waals surface area contributed by atoms with Crippen molar-refractivity contribution in [3.05, 3.63) is 24.3 Å². The largest absolute Gasteiger partial charge is 0.466 e. The van der Waals surface area contributed by atoms with E-state index in [0.29, 0.717) is 25.9 Å². The SMILES string of the molecule is CCCCCCCCCCCCCCCCCCCC(=O)OCCCCCCCCCCC/C=C\C/C=C\CCCCCCCCCCCCCCCCCCCC(=O)NC(CO)C(O)CCCCCCCCCCCCCCCCCCC. The van der Waals surface area contributed by atoms with Gasteiger partial charge in [-0.3, -0.25) is 9.59 Å². The Hall–Kier alpha value is -1.66. The molecular formula is C78H151NO5. The standard InChI is InChI=1S/C78H151NO5/c1-3-5-7-9-11-13-15-17-19-38-42-46-50-54-58-62-66-70-76(81)75(74-80)79-77(82)71-67-63-59-55-51-47-43-40-36-34-32-30-28-26-24-22-21-23-25-27-29-31-33-35-37-41-45-49-53-57-61-65-69-73-84-78(83)72-68-64-60-56-52-48-44-39-20-18-16-14-12-10-8-6-4-2/h25,27,31,33,75-76,80-81H,3-24,26,28-30,32,34-74H2,1-2H3,(H,79,82)/b27-25-,33-31-. The van der Waals surface area contributed by atoms with Gasteiger partial charge in [-0.2, -0.15) is 0 Å². The zero-order valence-electron chi connectivity index (χ0n) is 57.2. The van der Waals surface area contributed by atoms with E-state index in [-0.39, 0.29) is 18.5 Å². The van der Waals surface area contributed by atoms with E-state index in [1.54, 1.807) is 0 Å².